The van der Waals surface area contributed by atoms with Gasteiger partial charge in [0.2, 0.25) is 5.91 Å². The van der Waals surface area contributed by atoms with Crippen molar-refractivity contribution in [3.8, 4) is 0 Å². The van der Waals surface area contributed by atoms with Crippen LogP contribution in [0.25, 0.3) is 0 Å². The van der Waals surface area contributed by atoms with Crippen molar-refractivity contribution in [3.63, 3.8) is 0 Å². The maximum Gasteiger partial charge on any atom is 0.222 e. The molecule has 0 heterocycles. The Kier molecular flexibility index (Phi) is 2.84. The van der Waals surface area contributed by atoms with E-state index in [1.54, 1.807) is 14.0 Å². The monoisotopic (exact) mass is 116 g/mol. The van der Waals surface area contributed by atoms with Gasteiger partial charge in [-0.05, 0) is 6.92 Å². The lowest BCUT2D eigenvalue weighted by Crippen LogP contribution is -2.25. The lowest BCUT2D eigenvalue weighted by molar-refractivity contribution is -0.117. The van der Waals surface area contributed by atoms with Crippen molar-refractivity contribution < 1.29 is 6.22 Å². The van der Waals surface area contributed by atoms with Crippen molar-refractivity contribution in [2.75, 3.05) is 7.05 Å². The minimum Gasteiger partial charge on any atom is -0.315 e. The van der Waals surface area contributed by atoms with Crippen LogP contribution in [-0.2, 0) is 4.79 Å². The molecule has 0 rings (SSSR count). The second kappa shape index (κ2) is 3.18. The Hall–Kier alpha value is -0.860. The zero-order chi connectivity index (χ0) is 6.57. The summed E-state index contributed by atoms with van der Waals surface area (Å²) in [7, 11) is 1.63. The summed E-state index contributed by atoms with van der Waals surface area (Å²) in [5.41, 5.74) is 0. The van der Waals surface area contributed by atoms with Gasteiger partial charge in [0.05, 0.1) is 5.84 Å². The molecule has 0 atom stereocenters. The van der Waals surface area contributed by atoms with Crippen LogP contribution in [0.1, 0.15) is 15.3 Å². The van der Waals surface area contributed by atoms with Crippen molar-refractivity contribution in [2.24, 2.45) is 4.99 Å². The predicted octanol–water partition coefficient (Wildman–Crippen LogP) is 0.417. The fourth-order valence-electron chi connectivity index (χ4n) is 0.311. The van der Waals surface area contributed by atoms with Crippen LogP contribution in [-0.4, -0.2) is 18.8 Å². The topological polar surface area (TPSA) is 41.5 Å². The van der Waals surface area contributed by atoms with E-state index in [0.29, 0.717) is 5.84 Å². The maximum absolute atomic E-state index is 10.2. The number of hydrogen-bond donors (Lipinski definition) is 1. The third-order valence-corrected chi connectivity index (χ3v) is 0.692. The molecule has 3 nitrogen and oxygen atoms in total. The van der Waals surface area contributed by atoms with E-state index >= 15 is 0 Å². The smallest absolute Gasteiger partial charge is 0.222 e. The number of hydrogen-bond acceptors (Lipinski definition) is 2. The molecule has 0 spiro atoms. The van der Waals surface area contributed by atoms with Crippen LogP contribution in [0.3, 0.4) is 0 Å². The molecule has 0 aromatic carbocycles. The Morgan fingerprint density at radius 3 is 2.25 bits per heavy atom. The van der Waals surface area contributed by atoms with Gasteiger partial charge in [-0.15, -0.1) is 0 Å². The predicted molar refractivity (Wildman–Crippen MR) is 35.0 cm³/mol. The second-order valence-corrected chi connectivity index (χ2v) is 1.49. The Bertz CT molecular complexity index is 122. The average Bonchev–Trinajstić information content (AvgIpc) is 1.65. The molecule has 1 amide bonds. The molecule has 0 radical (unpaired) electrons. The molecule has 1 N–H and O–H groups in total. The number of carbonyl (C=O) groups excluding carboxylic acids is 1. The molecular weight excluding hydrogens is 104 g/mol. The van der Waals surface area contributed by atoms with Gasteiger partial charge < -0.3 is 5.32 Å². The number of nitrogens with zero attached hydrogens (tertiary/aromatic N) is 1. The lowest BCUT2D eigenvalue weighted by atomic mass is 10.6. The van der Waals surface area contributed by atoms with E-state index in [1.165, 1.54) is 6.92 Å². The number of nitrogens with one attached hydrogen (secondary N) is 1. The molecule has 8 heavy (non-hydrogen) atoms. The summed E-state index contributed by atoms with van der Waals surface area (Å²) in [6.45, 7) is 3.19. The molecule has 0 saturated carbocycles. The fourth-order valence-corrected chi connectivity index (χ4v) is 0.311. The summed E-state index contributed by atoms with van der Waals surface area (Å²) in [6.07, 6.45) is 0. The van der Waals surface area contributed by atoms with Gasteiger partial charge in [0, 0.05) is 15.4 Å². The first-order chi connectivity index (χ1) is 3.66. The van der Waals surface area contributed by atoms with E-state index in [2.05, 4.69) is 10.3 Å². The van der Waals surface area contributed by atoms with E-state index in [0.717, 1.165) is 0 Å². The molecule has 0 unspecified atom stereocenters. The molecule has 0 aliphatic carbocycles. The van der Waals surface area contributed by atoms with Gasteiger partial charge in [0.15, 0.2) is 0 Å². The van der Waals surface area contributed by atoms with Crippen LogP contribution in [0, 0.1) is 0 Å². The highest BCUT2D eigenvalue weighted by molar-refractivity contribution is 5.95. The Labute approximate surface area is 50.3 Å². The number of amidine groups is 1. The van der Waals surface area contributed by atoms with Gasteiger partial charge in [0.1, 0.15) is 0 Å². The first-order valence-corrected chi connectivity index (χ1v) is 2.37. The van der Waals surface area contributed by atoms with Crippen molar-refractivity contribution in [1.29, 1.82) is 0 Å². The summed E-state index contributed by atoms with van der Waals surface area (Å²) in [5, 5.41) is 2.50. The van der Waals surface area contributed by atoms with Crippen LogP contribution in [0.5, 0.6) is 0 Å². The highest BCUT2D eigenvalue weighted by atomic mass is 16.1. The highest BCUT2D eigenvalue weighted by Gasteiger charge is 1.88. The van der Waals surface area contributed by atoms with Crippen LogP contribution in [0.2, 0.25) is 0 Å². The van der Waals surface area contributed by atoms with Crippen molar-refractivity contribution in [3.05, 3.63) is 0 Å². The third-order valence-electron chi connectivity index (χ3n) is 0.692. The third kappa shape index (κ3) is 3.33. The van der Waals surface area contributed by atoms with E-state index in [4.69, 9.17) is 0 Å². The van der Waals surface area contributed by atoms with Crippen molar-refractivity contribution >= 4 is 11.7 Å². The largest absolute Gasteiger partial charge is 0.315 e. The number of amides is 1. The minimum atomic E-state index is -0.0758. The van der Waals surface area contributed by atoms with Crippen LogP contribution in [0.15, 0.2) is 4.99 Å². The minimum absolute atomic E-state index is 0. The molecular formula is C5H12N2O. The van der Waals surface area contributed by atoms with Crippen molar-refractivity contribution in [2.45, 2.75) is 13.8 Å². The van der Waals surface area contributed by atoms with E-state index in [1.807, 2.05) is 0 Å². The maximum atomic E-state index is 10.2. The van der Waals surface area contributed by atoms with Gasteiger partial charge in [0.25, 0.3) is 0 Å². The molecule has 0 aliphatic rings. The zero-order valence-corrected chi connectivity index (χ0v) is 5.36. The summed E-state index contributed by atoms with van der Waals surface area (Å²) in [6, 6.07) is 0. The molecule has 0 fully saturated rings. The molecule has 48 valence electrons. The first-order valence-electron chi connectivity index (χ1n) is 2.37. The molecule has 0 aliphatic heterocycles. The summed E-state index contributed by atoms with van der Waals surface area (Å²) in [5.74, 6) is 0.575. The van der Waals surface area contributed by atoms with Crippen LogP contribution < -0.4 is 5.32 Å². The van der Waals surface area contributed by atoms with Crippen LogP contribution >= 0.6 is 0 Å². The SMILES string of the molecule is CN=C(C)NC(C)=O.[HH]. The average molecular weight is 116 g/mol. The second-order valence-electron chi connectivity index (χ2n) is 1.49. The summed E-state index contributed by atoms with van der Waals surface area (Å²) >= 11 is 0. The van der Waals surface area contributed by atoms with Gasteiger partial charge in [-0.3, -0.25) is 9.79 Å². The van der Waals surface area contributed by atoms with E-state index in [-0.39, 0.29) is 7.33 Å². The Morgan fingerprint density at radius 2 is 2.12 bits per heavy atom. The van der Waals surface area contributed by atoms with Gasteiger partial charge in [-0.25, -0.2) is 0 Å². The fraction of sp³-hybridized carbons (Fsp3) is 0.600. The molecule has 0 aromatic rings. The molecule has 0 bridgehead atoms. The molecule has 0 saturated heterocycles. The first kappa shape index (κ1) is 7.14. The van der Waals surface area contributed by atoms with E-state index in [9.17, 15) is 4.79 Å². The standard InChI is InChI=1S/C5H10N2O.H2/c1-4(6-3)7-5(2)8;/h1-3H3,(H,6,7,8);1H. The summed E-state index contributed by atoms with van der Waals surface area (Å²) in [4.78, 5) is 13.9. The number of carbonyl (C=O) groups is 1. The molecule has 0 aromatic heterocycles. The summed E-state index contributed by atoms with van der Waals surface area (Å²) < 4.78 is 0. The van der Waals surface area contributed by atoms with Gasteiger partial charge in [-0.2, -0.15) is 0 Å². The number of aliphatic imine (C=N–C) groups is 1. The highest BCUT2D eigenvalue weighted by Crippen LogP contribution is 1.66. The van der Waals surface area contributed by atoms with Crippen molar-refractivity contribution in [1.82, 2.24) is 5.32 Å². The van der Waals surface area contributed by atoms with Crippen LogP contribution in [0.4, 0.5) is 0 Å². The number of rotatable bonds is 0. The Balaban J connectivity index is 0. The normalized spacial score (nSPS) is 11.1. The quantitative estimate of drug-likeness (QED) is 0.361. The Morgan fingerprint density at radius 1 is 1.62 bits per heavy atom. The molecule has 3 heteroatoms. The van der Waals surface area contributed by atoms with Gasteiger partial charge >= 0.3 is 0 Å². The van der Waals surface area contributed by atoms with Gasteiger partial charge in [-0.1, -0.05) is 0 Å². The van der Waals surface area contributed by atoms with E-state index < -0.39 is 0 Å². The zero-order valence-electron chi connectivity index (χ0n) is 5.36. The lowest BCUT2D eigenvalue weighted by Gasteiger charge is -1.95.